The number of phenols is 1. The number of benzene rings is 2. The van der Waals surface area contributed by atoms with Crippen LogP contribution in [0.5, 0.6) is 11.5 Å². The highest BCUT2D eigenvalue weighted by Gasteiger charge is 2.49. The lowest BCUT2D eigenvalue weighted by Gasteiger charge is -2.52. The molecule has 5 rings (SSSR count). The monoisotopic (exact) mass is 478 g/mol. The fourth-order valence-corrected chi connectivity index (χ4v) is 5.60. The minimum atomic E-state index is -0.548. The lowest BCUT2D eigenvalue weighted by Crippen LogP contribution is -2.60. The van der Waals surface area contributed by atoms with Crippen molar-refractivity contribution in [3.05, 3.63) is 71.9 Å². The van der Waals surface area contributed by atoms with Gasteiger partial charge in [0.25, 0.3) is 0 Å². The van der Waals surface area contributed by atoms with Crippen molar-refractivity contribution in [2.24, 2.45) is 11.8 Å². The Balaban J connectivity index is 0.000000243. The zero-order valence-corrected chi connectivity index (χ0v) is 21.7. The summed E-state index contributed by atoms with van der Waals surface area (Å²) in [5.74, 6) is 1.86. The lowest BCUT2D eigenvalue weighted by molar-refractivity contribution is -0.105. The van der Waals surface area contributed by atoms with Gasteiger partial charge in [-0.1, -0.05) is 42.5 Å². The molecule has 4 atom stereocenters. The molecule has 2 aromatic rings. The zero-order valence-electron chi connectivity index (χ0n) is 21.7. The molecule has 1 aliphatic heterocycles. The zero-order chi connectivity index (χ0) is 25.0. The Morgan fingerprint density at radius 2 is 1.86 bits per heavy atom. The number of methoxy groups -OCH3 is 1. The summed E-state index contributed by atoms with van der Waals surface area (Å²) in [6.45, 7) is 6.29. The Hall–Kier alpha value is -2.50. The maximum atomic E-state index is 11.4. The highest BCUT2D eigenvalue weighted by atomic mass is 16.5. The predicted molar refractivity (Wildman–Crippen MR) is 141 cm³/mol. The first-order valence-electron chi connectivity index (χ1n) is 13.0. The van der Waals surface area contributed by atoms with Gasteiger partial charge in [0.1, 0.15) is 0 Å². The third-order valence-electron chi connectivity index (χ3n) is 8.18. The third kappa shape index (κ3) is 6.20. The number of aromatic hydroxyl groups is 1. The van der Waals surface area contributed by atoms with Crippen LogP contribution in [0.4, 0.5) is 0 Å². The fraction of sp³-hybridized carbons (Fsp3) is 0.533. The van der Waals surface area contributed by atoms with Gasteiger partial charge in [-0.2, -0.15) is 0 Å². The molecule has 190 valence electrons. The van der Waals surface area contributed by atoms with E-state index in [0.29, 0.717) is 11.8 Å². The van der Waals surface area contributed by atoms with Gasteiger partial charge in [0.05, 0.1) is 18.8 Å². The van der Waals surface area contributed by atoms with Gasteiger partial charge in [0, 0.05) is 25.0 Å². The standard InChI is InChI=1S/C22H32N2O.C8H10O2/c1-17-22(25)12-10-21(23(2)15-18-6-4-3-5-7-18)14-20(22)11-13-24(17)16-19-8-9-19;1-6-3-4-7(9)8(5-6)10-2/h3-7,11,13,17,19-21,25H,8-10,12,14-16H2,1-2H3;3-5,9H,1-2H3/t17-,20?,21?,22?;/m1./s1. The molecule has 2 fully saturated rings. The van der Waals surface area contributed by atoms with Crippen molar-refractivity contribution in [1.82, 2.24) is 9.80 Å². The second-order valence-corrected chi connectivity index (χ2v) is 10.8. The van der Waals surface area contributed by atoms with E-state index < -0.39 is 5.60 Å². The summed E-state index contributed by atoms with van der Waals surface area (Å²) < 4.78 is 4.88. The highest BCUT2D eigenvalue weighted by molar-refractivity contribution is 5.41. The first kappa shape index (κ1) is 25.6. The van der Waals surface area contributed by atoms with Gasteiger partial charge >= 0.3 is 0 Å². The molecule has 0 amide bonds. The summed E-state index contributed by atoms with van der Waals surface area (Å²) in [5, 5.41) is 20.6. The van der Waals surface area contributed by atoms with Gasteiger partial charge < -0.3 is 19.8 Å². The summed E-state index contributed by atoms with van der Waals surface area (Å²) in [6, 6.07) is 16.7. The van der Waals surface area contributed by atoms with Crippen LogP contribution in [0.2, 0.25) is 0 Å². The van der Waals surface area contributed by atoms with Crippen LogP contribution < -0.4 is 4.74 Å². The number of ether oxygens (including phenoxy) is 1. The minimum absolute atomic E-state index is 0.188. The van der Waals surface area contributed by atoms with E-state index in [0.717, 1.165) is 43.8 Å². The molecule has 2 aliphatic carbocycles. The molecule has 1 heterocycles. The van der Waals surface area contributed by atoms with Crippen molar-refractivity contribution < 1.29 is 14.9 Å². The molecular formula is C30H42N2O3. The molecule has 0 spiro atoms. The molecule has 3 unspecified atom stereocenters. The SMILES string of the molecule is COc1cc(C)ccc1O.C[C@H]1N(CC2CC2)C=CC2CC(N(C)Cc3ccccc3)CCC21O. The van der Waals surface area contributed by atoms with Crippen LogP contribution in [0.1, 0.15) is 50.2 Å². The molecule has 0 bridgehead atoms. The maximum Gasteiger partial charge on any atom is 0.160 e. The van der Waals surface area contributed by atoms with Gasteiger partial charge in [-0.25, -0.2) is 0 Å². The molecule has 5 heteroatoms. The number of aliphatic hydroxyl groups is 1. The van der Waals surface area contributed by atoms with Gasteiger partial charge in [-0.05, 0) is 88.4 Å². The fourth-order valence-electron chi connectivity index (χ4n) is 5.60. The van der Waals surface area contributed by atoms with Crippen molar-refractivity contribution in [3.8, 4) is 11.5 Å². The van der Waals surface area contributed by atoms with Gasteiger partial charge in [-0.15, -0.1) is 0 Å². The summed E-state index contributed by atoms with van der Waals surface area (Å²) in [6.07, 6.45) is 10.4. The van der Waals surface area contributed by atoms with Gasteiger partial charge in [0.15, 0.2) is 11.5 Å². The first-order chi connectivity index (χ1) is 16.8. The number of fused-ring (bicyclic) bond motifs is 1. The predicted octanol–water partition coefficient (Wildman–Crippen LogP) is 5.36. The van der Waals surface area contributed by atoms with Crippen LogP contribution in [-0.2, 0) is 6.54 Å². The Bertz CT molecular complexity index is 990. The van der Waals surface area contributed by atoms with Crippen LogP contribution in [0.25, 0.3) is 0 Å². The van der Waals surface area contributed by atoms with Crippen molar-refractivity contribution in [1.29, 1.82) is 0 Å². The van der Waals surface area contributed by atoms with Crippen LogP contribution in [0.3, 0.4) is 0 Å². The molecule has 0 aromatic heterocycles. The number of aryl methyl sites for hydroxylation is 1. The number of hydrogen-bond acceptors (Lipinski definition) is 5. The molecule has 2 N–H and O–H groups in total. The molecule has 3 aliphatic rings. The van der Waals surface area contributed by atoms with E-state index in [1.165, 1.54) is 25.5 Å². The van der Waals surface area contributed by atoms with Crippen molar-refractivity contribution >= 4 is 0 Å². The normalized spacial score (nSPS) is 27.7. The van der Waals surface area contributed by atoms with E-state index in [1.54, 1.807) is 12.1 Å². The molecule has 5 nitrogen and oxygen atoms in total. The Kier molecular flexibility index (Phi) is 8.08. The molecule has 35 heavy (non-hydrogen) atoms. The minimum Gasteiger partial charge on any atom is -0.504 e. The number of phenolic OH excluding ortho intramolecular Hbond substituents is 1. The van der Waals surface area contributed by atoms with Crippen LogP contribution in [-0.4, -0.2) is 58.4 Å². The van der Waals surface area contributed by atoms with Gasteiger partial charge in [-0.3, -0.25) is 4.90 Å². The average Bonchev–Trinajstić information content (AvgIpc) is 3.68. The molecule has 0 saturated heterocycles. The molecule has 2 saturated carbocycles. The summed E-state index contributed by atoms with van der Waals surface area (Å²) in [7, 11) is 3.77. The van der Waals surface area contributed by atoms with Crippen LogP contribution in [0.15, 0.2) is 60.8 Å². The van der Waals surface area contributed by atoms with E-state index in [4.69, 9.17) is 9.84 Å². The number of nitrogens with zero attached hydrogens (tertiary/aromatic N) is 2. The topological polar surface area (TPSA) is 56.2 Å². The number of hydrogen-bond donors (Lipinski definition) is 2. The first-order valence-corrected chi connectivity index (χ1v) is 13.0. The third-order valence-corrected chi connectivity index (χ3v) is 8.18. The molecule has 0 radical (unpaired) electrons. The lowest BCUT2D eigenvalue weighted by atomic mass is 9.68. The van der Waals surface area contributed by atoms with Crippen LogP contribution >= 0.6 is 0 Å². The Morgan fingerprint density at radius 1 is 1.11 bits per heavy atom. The maximum absolute atomic E-state index is 11.4. The van der Waals surface area contributed by atoms with Gasteiger partial charge in [0.2, 0.25) is 0 Å². The van der Waals surface area contributed by atoms with E-state index in [2.05, 4.69) is 66.4 Å². The van der Waals surface area contributed by atoms with Crippen molar-refractivity contribution in [2.75, 3.05) is 20.7 Å². The van der Waals surface area contributed by atoms with Crippen molar-refractivity contribution in [3.63, 3.8) is 0 Å². The van der Waals surface area contributed by atoms with E-state index in [-0.39, 0.29) is 17.7 Å². The molecular weight excluding hydrogens is 436 g/mol. The second-order valence-electron chi connectivity index (χ2n) is 10.8. The Labute approximate surface area is 211 Å². The highest BCUT2D eigenvalue weighted by Crippen LogP contribution is 2.44. The van der Waals surface area contributed by atoms with E-state index >= 15 is 0 Å². The van der Waals surface area contributed by atoms with E-state index in [9.17, 15) is 5.11 Å². The van der Waals surface area contributed by atoms with E-state index in [1.807, 2.05) is 13.0 Å². The number of rotatable bonds is 6. The quantitative estimate of drug-likeness (QED) is 0.586. The largest absolute Gasteiger partial charge is 0.504 e. The molecule has 2 aromatic carbocycles. The second kappa shape index (κ2) is 11.0. The van der Waals surface area contributed by atoms with Crippen LogP contribution in [0, 0.1) is 18.8 Å². The Morgan fingerprint density at radius 3 is 2.51 bits per heavy atom. The summed E-state index contributed by atoms with van der Waals surface area (Å²) in [4.78, 5) is 4.88. The van der Waals surface area contributed by atoms with Crippen molar-refractivity contribution in [2.45, 2.75) is 70.2 Å². The summed E-state index contributed by atoms with van der Waals surface area (Å²) >= 11 is 0. The smallest absolute Gasteiger partial charge is 0.160 e. The summed E-state index contributed by atoms with van der Waals surface area (Å²) in [5.41, 5.74) is 1.90. The average molecular weight is 479 g/mol.